The molecule has 0 amide bonds. The molecule has 1 nitrogen and oxygen atoms in total. The summed E-state index contributed by atoms with van der Waals surface area (Å²) < 4.78 is 1.32. The van der Waals surface area contributed by atoms with Gasteiger partial charge in [-0.15, -0.1) is 0 Å². The smallest absolute Gasteiger partial charge is 0.0133 e. The minimum absolute atomic E-state index is 0.609. The van der Waals surface area contributed by atoms with Crippen molar-refractivity contribution in [1.29, 1.82) is 0 Å². The van der Waals surface area contributed by atoms with Crippen molar-refractivity contribution in [2.45, 2.75) is 19.4 Å². The van der Waals surface area contributed by atoms with Crippen LogP contribution in [0.25, 0.3) is 0 Å². The Morgan fingerprint density at radius 1 is 1.38 bits per heavy atom. The van der Waals surface area contributed by atoms with Crippen molar-refractivity contribution >= 4 is 22.6 Å². The largest absolute Gasteiger partial charge is 0.306 e. The molecule has 0 saturated carbocycles. The molecule has 0 N–H and O–H groups in total. The number of hydrogen-bond donors (Lipinski definition) is 0. The van der Waals surface area contributed by atoms with Crippen LogP contribution in [0.1, 0.15) is 12.5 Å². The normalized spacial score (nSPS) is 13.3. The second-order valence-electron chi connectivity index (χ2n) is 3.65. The van der Waals surface area contributed by atoms with Crippen LogP contribution in [-0.2, 0) is 6.42 Å². The predicted molar refractivity (Wildman–Crippen MR) is 66.0 cm³/mol. The summed E-state index contributed by atoms with van der Waals surface area (Å²) in [6.07, 6.45) is 1.13. The molecule has 0 aliphatic carbocycles. The third-order valence-corrected chi connectivity index (χ3v) is 2.97. The van der Waals surface area contributed by atoms with Gasteiger partial charge in [0.2, 0.25) is 0 Å². The average molecular weight is 289 g/mol. The average Bonchev–Trinajstić information content (AvgIpc) is 2.04. The van der Waals surface area contributed by atoms with Crippen molar-refractivity contribution in [3.8, 4) is 0 Å². The lowest BCUT2D eigenvalue weighted by Gasteiger charge is -2.19. The van der Waals surface area contributed by atoms with Crippen molar-refractivity contribution < 1.29 is 0 Å². The van der Waals surface area contributed by atoms with Crippen molar-refractivity contribution in [1.82, 2.24) is 4.90 Å². The van der Waals surface area contributed by atoms with Crippen LogP contribution in [0.4, 0.5) is 0 Å². The number of benzene rings is 1. The standard InChI is InChI=1S/C11H16IN/c1-9(13(2)3)7-10-5-4-6-11(12)8-10/h4-6,8-9H,7H2,1-3H3/t9-/m1/s1. The predicted octanol–water partition coefficient (Wildman–Crippen LogP) is 2.78. The summed E-state index contributed by atoms with van der Waals surface area (Å²) in [6, 6.07) is 9.31. The fourth-order valence-electron chi connectivity index (χ4n) is 1.19. The summed E-state index contributed by atoms with van der Waals surface area (Å²) in [7, 11) is 4.25. The highest BCUT2D eigenvalue weighted by Gasteiger charge is 2.05. The molecule has 0 unspecified atom stereocenters. The molecule has 0 radical (unpaired) electrons. The summed E-state index contributed by atoms with van der Waals surface area (Å²) in [5, 5.41) is 0. The van der Waals surface area contributed by atoms with Crippen molar-refractivity contribution in [2.75, 3.05) is 14.1 Å². The maximum Gasteiger partial charge on any atom is 0.0133 e. The van der Waals surface area contributed by atoms with Gasteiger partial charge in [-0.25, -0.2) is 0 Å². The van der Waals surface area contributed by atoms with E-state index in [0.717, 1.165) is 6.42 Å². The van der Waals surface area contributed by atoms with Gasteiger partial charge in [-0.3, -0.25) is 0 Å². The highest BCUT2D eigenvalue weighted by Crippen LogP contribution is 2.10. The first-order chi connectivity index (χ1) is 6.09. The summed E-state index contributed by atoms with van der Waals surface area (Å²) in [5.41, 5.74) is 1.42. The van der Waals surface area contributed by atoms with E-state index in [4.69, 9.17) is 0 Å². The summed E-state index contributed by atoms with van der Waals surface area (Å²) in [6.45, 7) is 2.25. The Bertz CT molecular complexity index is 271. The van der Waals surface area contributed by atoms with Gasteiger partial charge in [0.25, 0.3) is 0 Å². The summed E-state index contributed by atoms with van der Waals surface area (Å²) in [5.74, 6) is 0. The van der Waals surface area contributed by atoms with Crippen molar-refractivity contribution in [3.05, 3.63) is 33.4 Å². The molecule has 0 bridgehead atoms. The first-order valence-corrected chi connectivity index (χ1v) is 5.58. The zero-order chi connectivity index (χ0) is 9.84. The SMILES string of the molecule is C[C@H](Cc1cccc(I)c1)N(C)C. The van der Waals surface area contributed by atoms with Gasteiger partial charge in [0.05, 0.1) is 0 Å². The number of halogens is 1. The molecule has 1 atom stereocenters. The highest BCUT2D eigenvalue weighted by molar-refractivity contribution is 14.1. The fourth-order valence-corrected chi connectivity index (χ4v) is 1.80. The van der Waals surface area contributed by atoms with Crippen LogP contribution >= 0.6 is 22.6 Å². The lowest BCUT2D eigenvalue weighted by atomic mass is 10.1. The van der Waals surface area contributed by atoms with E-state index >= 15 is 0 Å². The first-order valence-electron chi connectivity index (χ1n) is 4.50. The van der Waals surface area contributed by atoms with Gasteiger partial charge in [0.1, 0.15) is 0 Å². The number of rotatable bonds is 3. The van der Waals surface area contributed by atoms with E-state index in [1.807, 2.05) is 0 Å². The van der Waals surface area contributed by atoms with Crippen molar-refractivity contribution in [2.24, 2.45) is 0 Å². The van der Waals surface area contributed by atoms with Gasteiger partial charge in [-0.05, 0) is 67.7 Å². The monoisotopic (exact) mass is 289 g/mol. The van der Waals surface area contributed by atoms with Gasteiger partial charge < -0.3 is 4.90 Å². The second kappa shape index (κ2) is 4.96. The van der Waals surface area contributed by atoms with Gasteiger partial charge in [-0.2, -0.15) is 0 Å². The van der Waals surface area contributed by atoms with Crippen LogP contribution in [0.2, 0.25) is 0 Å². The summed E-state index contributed by atoms with van der Waals surface area (Å²) >= 11 is 2.36. The van der Waals surface area contributed by atoms with E-state index in [1.54, 1.807) is 0 Å². The Labute approximate surface area is 94.3 Å². The third-order valence-electron chi connectivity index (χ3n) is 2.30. The number of hydrogen-bond acceptors (Lipinski definition) is 1. The zero-order valence-electron chi connectivity index (χ0n) is 8.42. The lowest BCUT2D eigenvalue weighted by molar-refractivity contribution is 0.312. The van der Waals surface area contributed by atoms with E-state index in [2.05, 4.69) is 72.8 Å². The Morgan fingerprint density at radius 2 is 2.08 bits per heavy atom. The molecular formula is C11H16IN. The molecular weight excluding hydrogens is 273 g/mol. The topological polar surface area (TPSA) is 3.24 Å². The maximum atomic E-state index is 2.36. The van der Waals surface area contributed by atoms with Crippen LogP contribution < -0.4 is 0 Å². The minimum Gasteiger partial charge on any atom is -0.306 e. The molecule has 1 aromatic rings. The molecule has 13 heavy (non-hydrogen) atoms. The Kier molecular flexibility index (Phi) is 4.19. The molecule has 0 aliphatic rings. The van der Waals surface area contributed by atoms with Crippen LogP contribution in [0.3, 0.4) is 0 Å². The quantitative estimate of drug-likeness (QED) is 0.773. The minimum atomic E-state index is 0.609. The Morgan fingerprint density at radius 3 is 2.62 bits per heavy atom. The molecule has 0 saturated heterocycles. The molecule has 1 rings (SSSR count). The third kappa shape index (κ3) is 3.65. The fraction of sp³-hybridized carbons (Fsp3) is 0.455. The highest BCUT2D eigenvalue weighted by atomic mass is 127. The molecule has 1 aromatic carbocycles. The van der Waals surface area contributed by atoms with Gasteiger partial charge in [-0.1, -0.05) is 12.1 Å². The zero-order valence-corrected chi connectivity index (χ0v) is 10.6. The molecule has 0 spiro atoms. The summed E-state index contributed by atoms with van der Waals surface area (Å²) in [4.78, 5) is 2.25. The first kappa shape index (κ1) is 11.0. The molecule has 0 aliphatic heterocycles. The van der Waals surface area contributed by atoms with E-state index in [1.165, 1.54) is 9.13 Å². The number of likely N-dealkylation sites (N-methyl/N-ethyl adjacent to an activating group) is 1. The second-order valence-corrected chi connectivity index (χ2v) is 4.89. The van der Waals surface area contributed by atoms with Gasteiger partial charge in [0, 0.05) is 9.61 Å². The molecule has 0 aromatic heterocycles. The molecule has 0 heterocycles. The number of nitrogens with zero attached hydrogens (tertiary/aromatic N) is 1. The molecule has 2 heteroatoms. The Hall–Kier alpha value is -0.0900. The maximum absolute atomic E-state index is 2.36. The van der Waals surface area contributed by atoms with Crippen LogP contribution in [0.15, 0.2) is 24.3 Å². The van der Waals surface area contributed by atoms with E-state index in [-0.39, 0.29) is 0 Å². The van der Waals surface area contributed by atoms with E-state index in [9.17, 15) is 0 Å². The van der Waals surface area contributed by atoms with Gasteiger partial charge >= 0.3 is 0 Å². The lowest BCUT2D eigenvalue weighted by Crippen LogP contribution is -2.26. The van der Waals surface area contributed by atoms with E-state index in [0.29, 0.717) is 6.04 Å². The Balaban J connectivity index is 2.64. The molecule has 72 valence electrons. The van der Waals surface area contributed by atoms with E-state index < -0.39 is 0 Å². The van der Waals surface area contributed by atoms with Crippen LogP contribution in [0, 0.1) is 3.57 Å². The van der Waals surface area contributed by atoms with Crippen LogP contribution in [0.5, 0.6) is 0 Å². The van der Waals surface area contributed by atoms with Crippen molar-refractivity contribution in [3.63, 3.8) is 0 Å². The van der Waals surface area contributed by atoms with Crippen LogP contribution in [-0.4, -0.2) is 25.0 Å². The van der Waals surface area contributed by atoms with Gasteiger partial charge in [0.15, 0.2) is 0 Å². The molecule has 0 fully saturated rings.